The number of halogens is 3. The number of ether oxygens (including phenoxy) is 2. The molecular formula is C17H16F3NO5S. The second-order valence-electron chi connectivity index (χ2n) is 5.48. The third kappa shape index (κ3) is 5.36. The van der Waals surface area contributed by atoms with Crippen LogP contribution >= 0.6 is 0 Å². The highest BCUT2D eigenvalue weighted by molar-refractivity contribution is 7.92. The van der Waals surface area contributed by atoms with Crippen LogP contribution in [0.5, 0.6) is 5.75 Å². The van der Waals surface area contributed by atoms with Crippen molar-refractivity contribution in [3.05, 3.63) is 53.6 Å². The number of sulfonamides is 1. The zero-order chi connectivity index (χ0) is 20.2. The topological polar surface area (TPSA) is 81.7 Å². The van der Waals surface area contributed by atoms with Crippen molar-refractivity contribution in [2.24, 2.45) is 0 Å². The second-order valence-corrected chi connectivity index (χ2v) is 7.16. The molecule has 0 spiro atoms. The van der Waals surface area contributed by atoms with Gasteiger partial charge in [0.1, 0.15) is 5.75 Å². The van der Waals surface area contributed by atoms with Crippen LogP contribution in [-0.4, -0.2) is 28.1 Å². The zero-order valence-corrected chi connectivity index (χ0v) is 15.1. The summed E-state index contributed by atoms with van der Waals surface area (Å²) in [6, 6.07) is 7.72. The third-order valence-electron chi connectivity index (χ3n) is 3.47. The number of aryl methyl sites for hydroxylation is 1. The molecular weight excluding hydrogens is 387 g/mol. The predicted octanol–water partition coefficient (Wildman–Crippen LogP) is 3.37. The normalized spacial score (nSPS) is 11.7. The standard InChI is InChI=1S/C17H16F3NO5S/c1-11-8-14(6-7-15(11)26-10-16(22)25-2)27(23,24)21-13-5-3-4-12(9-13)17(18,19)20/h3-9,21H,10H2,1-2H3. The maximum Gasteiger partial charge on any atom is 0.416 e. The maximum atomic E-state index is 12.8. The van der Waals surface area contributed by atoms with E-state index in [9.17, 15) is 26.4 Å². The minimum atomic E-state index is -4.59. The van der Waals surface area contributed by atoms with Gasteiger partial charge in [-0.05, 0) is 48.9 Å². The van der Waals surface area contributed by atoms with Gasteiger partial charge < -0.3 is 9.47 Å². The molecule has 0 saturated carbocycles. The smallest absolute Gasteiger partial charge is 0.416 e. The molecule has 0 aliphatic carbocycles. The van der Waals surface area contributed by atoms with Crippen LogP contribution in [0, 0.1) is 6.92 Å². The summed E-state index contributed by atoms with van der Waals surface area (Å²) in [6.45, 7) is 1.22. The molecule has 27 heavy (non-hydrogen) atoms. The number of benzene rings is 2. The lowest BCUT2D eigenvalue weighted by Gasteiger charge is -2.13. The zero-order valence-electron chi connectivity index (χ0n) is 14.3. The Morgan fingerprint density at radius 3 is 2.44 bits per heavy atom. The first-order chi connectivity index (χ1) is 12.5. The number of anilines is 1. The van der Waals surface area contributed by atoms with E-state index >= 15 is 0 Å². The Morgan fingerprint density at radius 1 is 1.15 bits per heavy atom. The number of methoxy groups -OCH3 is 1. The molecule has 0 bridgehead atoms. The van der Waals surface area contributed by atoms with Gasteiger partial charge in [0.15, 0.2) is 6.61 Å². The van der Waals surface area contributed by atoms with Gasteiger partial charge in [-0.2, -0.15) is 13.2 Å². The Labute approximate surface area is 154 Å². The quantitative estimate of drug-likeness (QED) is 0.748. The molecule has 146 valence electrons. The van der Waals surface area contributed by atoms with E-state index in [-0.39, 0.29) is 22.9 Å². The first kappa shape index (κ1) is 20.6. The highest BCUT2D eigenvalue weighted by Crippen LogP contribution is 2.31. The van der Waals surface area contributed by atoms with Crippen LogP contribution in [0.3, 0.4) is 0 Å². The Bertz CT molecular complexity index is 942. The summed E-state index contributed by atoms with van der Waals surface area (Å²) in [5.74, 6) is -0.323. The fourth-order valence-electron chi connectivity index (χ4n) is 2.12. The summed E-state index contributed by atoms with van der Waals surface area (Å²) in [5.41, 5.74) is -0.759. The minimum Gasteiger partial charge on any atom is -0.482 e. The molecule has 0 atom stereocenters. The number of hydrogen-bond donors (Lipinski definition) is 1. The number of hydrogen-bond acceptors (Lipinski definition) is 5. The highest BCUT2D eigenvalue weighted by atomic mass is 32.2. The van der Waals surface area contributed by atoms with Crippen LogP contribution in [0.2, 0.25) is 0 Å². The van der Waals surface area contributed by atoms with Gasteiger partial charge in [0, 0.05) is 5.69 Å². The fraction of sp³-hybridized carbons (Fsp3) is 0.235. The van der Waals surface area contributed by atoms with Gasteiger partial charge in [-0.3, -0.25) is 4.72 Å². The Morgan fingerprint density at radius 2 is 1.85 bits per heavy atom. The summed E-state index contributed by atoms with van der Waals surface area (Å²) in [5, 5.41) is 0. The van der Waals surface area contributed by atoms with E-state index in [0.717, 1.165) is 12.1 Å². The molecule has 0 saturated heterocycles. The number of nitrogens with one attached hydrogen (secondary N) is 1. The largest absolute Gasteiger partial charge is 0.482 e. The van der Waals surface area contributed by atoms with Crippen molar-refractivity contribution in [1.29, 1.82) is 0 Å². The summed E-state index contributed by atoms with van der Waals surface area (Å²) >= 11 is 0. The molecule has 6 nitrogen and oxygen atoms in total. The van der Waals surface area contributed by atoms with E-state index in [1.807, 2.05) is 0 Å². The molecule has 0 aliphatic heterocycles. The molecule has 2 aromatic rings. The van der Waals surface area contributed by atoms with Crippen molar-refractivity contribution in [3.63, 3.8) is 0 Å². The molecule has 0 fully saturated rings. The predicted molar refractivity (Wildman–Crippen MR) is 90.9 cm³/mol. The molecule has 0 aromatic heterocycles. The van der Waals surface area contributed by atoms with Gasteiger partial charge in [-0.25, -0.2) is 13.2 Å². The maximum absolute atomic E-state index is 12.8. The van der Waals surface area contributed by atoms with Gasteiger partial charge >= 0.3 is 12.1 Å². The van der Waals surface area contributed by atoms with Crippen molar-refractivity contribution < 1.29 is 35.9 Å². The molecule has 0 amide bonds. The lowest BCUT2D eigenvalue weighted by atomic mass is 10.2. The minimum absolute atomic E-state index is 0.164. The highest BCUT2D eigenvalue weighted by Gasteiger charge is 2.30. The Kier molecular flexibility index (Phi) is 5.99. The molecule has 1 N–H and O–H groups in total. The van der Waals surface area contributed by atoms with E-state index < -0.39 is 27.7 Å². The van der Waals surface area contributed by atoms with Crippen LogP contribution in [0.15, 0.2) is 47.4 Å². The van der Waals surface area contributed by atoms with Crippen molar-refractivity contribution in [1.82, 2.24) is 0 Å². The van der Waals surface area contributed by atoms with E-state index in [1.54, 1.807) is 6.92 Å². The van der Waals surface area contributed by atoms with Crippen molar-refractivity contribution >= 4 is 21.7 Å². The van der Waals surface area contributed by atoms with Crippen LogP contribution in [0.25, 0.3) is 0 Å². The number of rotatable bonds is 6. The van der Waals surface area contributed by atoms with Crippen LogP contribution in [-0.2, 0) is 25.7 Å². The molecule has 0 radical (unpaired) electrons. The number of esters is 1. The molecule has 0 heterocycles. The lowest BCUT2D eigenvalue weighted by molar-refractivity contribution is -0.143. The summed E-state index contributed by atoms with van der Waals surface area (Å²) in [7, 11) is -2.91. The van der Waals surface area contributed by atoms with Crippen molar-refractivity contribution in [3.8, 4) is 5.75 Å². The SMILES string of the molecule is COC(=O)COc1ccc(S(=O)(=O)Nc2cccc(C(F)(F)F)c2)cc1C. The fourth-order valence-corrected chi connectivity index (χ4v) is 3.25. The van der Waals surface area contributed by atoms with Crippen LogP contribution < -0.4 is 9.46 Å². The summed E-state index contributed by atoms with van der Waals surface area (Å²) < 4.78 is 74.9. The monoisotopic (exact) mass is 403 g/mol. The third-order valence-corrected chi connectivity index (χ3v) is 4.85. The van der Waals surface area contributed by atoms with E-state index in [2.05, 4.69) is 9.46 Å². The van der Waals surface area contributed by atoms with E-state index in [0.29, 0.717) is 11.6 Å². The molecule has 0 aliphatic rings. The molecule has 2 rings (SSSR count). The van der Waals surface area contributed by atoms with Gasteiger partial charge in [-0.1, -0.05) is 6.07 Å². The Balaban J connectivity index is 2.22. The Hall–Kier alpha value is -2.75. The van der Waals surface area contributed by atoms with Gasteiger partial charge in [0.25, 0.3) is 10.0 Å². The average molecular weight is 403 g/mol. The van der Waals surface area contributed by atoms with Crippen molar-refractivity contribution in [2.75, 3.05) is 18.4 Å². The molecule has 0 unspecified atom stereocenters. The van der Waals surface area contributed by atoms with Crippen molar-refractivity contribution in [2.45, 2.75) is 18.0 Å². The second kappa shape index (κ2) is 7.87. The summed E-state index contributed by atoms with van der Waals surface area (Å²) in [4.78, 5) is 10.9. The molecule has 2 aromatic carbocycles. The van der Waals surface area contributed by atoms with Crippen LogP contribution in [0.4, 0.5) is 18.9 Å². The van der Waals surface area contributed by atoms with Crippen LogP contribution in [0.1, 0.15) is 11.1 Å². The number of carbonyl (C=O) groups excluding carboxylic acids is 1. The summed E-state index contributed by atoms with van der Waals surface area (Å²) in [6.07, 6.45) is -4.59. The lowest BCUT2D eigenvalue weighted by Crippen LogP contribution is -2.15. The van der Waals surface area contributed by atoms with E-state index in [4.69, 9.17) is 4.74 Å². The number of alkyl halides is 3. The van der Waals surface area contributed by atoms with Gasteiger partial charge in [-0.15, -0.1) is 0 Å². The number of carbonyl (C=O) groups is 1. The first-order valence-electron chi connectivity index (χ1n) is 7.53. The van der Waals surface area contributed by atoms with Gasteiger partial charge in [0.05, 0.1) is 17.6 Å². The van der Waals surface area contributed by atoms with Gasteiger partial charge in [0.2, 0.25) is 0 Å². The first-order valence-corrected chi connectivity index (χ1v) is 9.01. The molecule has 10 heteroatoms. The van der Waals surface area contributed by atoms with E-state index in [1.165, 1.54) is 31.4 Å². The average Bonchev–Trinajstić information content (AvgIpc) is 2.59.